The second kappa shape index (κ2) is 7.72. The van der Waals surface area contributed by atoms with Gasteiger partial charge in [0.2, 0.25) is 0 Å². The van der Waals surface area contributed by atoms with E-state index in [1.54, 1.807) is 24.3 Å². The Kier molecular flexibility index (Phi) is 5.40. The number of carboxylic acid groups (broad SMARTS) is 1. The van der Waals surface area contributed by atoms with E-state index in [4.69, 9.17) is 20.8 Å². The Balaban J connectivity index is 1.74. The number of halogens is 1. The summed E-state index contributed by atoms with van der Waals surface area (Å²) in [4.78, 5) is 23.9. The maximum absolute atomic E-state index is 12.4. The molecule has 1 saturated heterocycles. The number of benzene rings is 1. The van der Waals surface area contributed by atoms with Crippen molar-refractivity contribution in [1.29, 1.82) is 0 Å². The lowest BCUT2D eigenvalue weighted by molar-refractivity contribution is -0.142. The van der Waals surface area contributed by atoms with Gasteiger partial charge in [-0.1, -0.05) is 23.7 Å². The van der Waals surface area contributed by atoms with Gasteiger partial charge in [-0.05, 0) is 37.1 Å². The number of ether oxygens (including phenoxy) is 1. The zero-order valence-electron chi connectivity index (χ0n) is 13.4. The van der Waals surface area contributed by atoms with Gasteiger partial charge in [-0.2, -0.15) is 0 Å². The molecule has 1 aromatic carbocycles. The molecule has 2 heterocycles. The Hall–Kier alpha value is -2.31. The third kappa shape index (κ3) is 4.03. The maximum Gasteiger partial charge on any atom is 0.326 e. The molecule has 1 aliphatic rings. The fourth-order valence-electron chi connectivity index (χ4n) is 2.89. The first-order chi connectivity index (χ1) is 12.1. The minimum Gasteiger partial charge on any atom is -0.480 e. The number of nitrogens with one attached hydrogen (secondary N) is 1. The van der Waals surface area contributed by atoms with Crippen molar-refractivity contribution >= 4 is 23.5 Å². The van der Waals surface area contributed by atoms with E-state index in [0.717, 1.165) is 6.42 Å². The quantitative estimate of drug-likeness (QED) is 0.851. The number of furan rings is 1. The van der Waals surface area contributed by atoms with E-state index in [1.807, 2.05) is 6.07 Å². The van der Waals surface area contributed by atoms with Crippen LogP contribution in [0.4, 0.5) is 0 Å². The molecule has 0 saturated carbocycles. The average Bonchev–Trinajstić information content (AvgIpc) is 3.10. The van der Waals surface area contributed by atoms with Crippen molar-refractivity contribution in [2.75, 3.05) is 13.2 Å². The summed E-state index contributed by atoms with van der Waals surface area (Å²) in [7, 11) is 0. The number of rotatable bonds is 5. The van der Waals surface area contributed by atoms with Crippen LogP contribution >= 0.6 is 11.6 Å². The number of amides is 1. The van der Waals surface area contributed by atoms with Crippen LogP contribution in [-0.2, 0) is 9.53 Å². The van der Waals surface area contributed by atoms with Gasteiger partial charge in [0.1, 0.15) is 11.8 Å². The summed E-state index contributed by atoms with van der Waals surface area (Å²) in [6.45, 7) is 0.941. The summed E-state index contributed by atoms with van der Waals surface area (Å²) in [5.41, 5.74) is 0.665. The smallest absolute Gasteiger partial charge is 0.326 e. The van der Waals surface area contributed by atoms with Gasteiger partial charge >= 0.3 is 5.97 Å². The summed E-state index contributed by atoms with van der Waals surface area (Å²) in [5.74, 6) is -1.42. The monoisotopic (exact) mass is 363 g/mol. The predicted octanol–water partition coefficient (Wildman–Crippen LogP) is 3.21. The molecule has 2 N–H and O–H groups in total. The molecule has 25 heavy (non-hydrogen) atoms. The Morgan fingerprint density at radius 2 is 2.04 bits per heavy atom. The lowest BCUT2D eigenvalue weighted by atomic mass is 9.93. The Morgan fingerprint density at radius 1 is 1.24 bits per heavy atom. The number of hydrogen-bond donors (Lipinski definition) is 2. The van der Waals surface area contributed by atoms with Gasteiger partial charge in [-0.15, -0.1) is 0 Å². The van der Waals surface area contributed by atoms with Crippen LogP contribution < -0.4 is 5.32 Å². The molecule has 0 radical (unpaired) electrons. The number of carbonyl (C=O) groups is 2. The van der Waals surface area contributed by atoms with E-state index in [1.165, 1.54) is 6.07 Å². The Labute approximate surface area is 149 Å². The van der Waals surface area contributed by atoms with Gasteiger partial charge in [0, 0.05) is 18.1 Å². The molecular weight excluding hydrogens is 346 g/mol. The zero-order valence-corrected chi connectivity index (χ0v) is 14.2. The van der Waals surface area contributed by atoms with Gasteiger partial charge in [0.05, 0.1) is 11.6 Å². The fourth-order valence-corrected chi connectivity index (χ4v) is 3.12. The Morgan fingerprint density at radius 3 is 2.72 bits per heavy atom. The van der Waals surface area contributed by atoms with Crippen LogP contribution in [0.3, 0.4) is 0 Å². The Bertz CT molecular complexity index is 766. The van der Waals surface area contributed by atoms with Crippen molar-refractivity contribution in [2.45, 2.75) is 18.9 Å². The first-order valence-corrected chi connectivity index (χ1v) is 8.40. The SMILES string of the molecule is O=C(NC(C(=O)O)C1CCCOC1)c1ccc(-c2ccccc2Cl)o1. The topological polar surface area (TPSA) is 88.8 Å². The third-order valence-electron chi connectivity index (χ3n) is 4.19. The van der Waals surface area contributed by atoms with Crippen molar-refractivity contribution in [3.63, 3.8) is 0 Å². The minimum absolute atomic E-state index is 0.0397. The molecule has 2 atom stereocenters. The summed E-state index contributed by atoms with van der Waals surface area (Å²) in [5, 5.41) is 12.5. The summed E-state index contributed by atoms with van der Waals surface area (Å²) in [6, 6.07) is 9.24. The van der Waals surface area contributed by atoms with Crippen LogP contribution in [0, 0.1) is 5.92 Å². The molecule has 6 nitrogen and oxygen atoms in total. The second-order valence-electron chi connectivity index (χ2n) is 5.91. The van der Waals surface area contributed by atoms with Crippen LogP contribution in [0.25, 0.3) is 11.3 Å². The molecule has 1 aromatic heterocycles. The number of hydrogen-bond acceptors (Lipinski definition) is 4. The molecule has 1 fully saturated rings. The van der Waals surface area contributed by atoms with Crippen molar-refractivity contribution in [3.8, 4) is 11.3 Å². The minimum atomic E-state index is -1.08. The van der Waals surface area contributed by atoms with Gasteiger partial charge < -0.3 is 19.6 Å². The van der Waals surface area contributed by atoms with Gasteiger partial charge in [-0.3, -0.25) is 4.79 Å². The lowest BCUT2D eigenvalue weighted by Gasteiger charge is -2.27. The molecule has 132 valence electrons. The van der Waals surface area contributed by atoms with E-state index in [9.17, 15) is 14.7 Å². The lowest BCUT2D eigenvalue weighted by Crippen LogP contribution is -2.48. The number of aliphatic carboxylic acids is 1. The molecule has 1 aliphatic heterocycles. The zero-order chi connectivity index (χ0) is 17.8. The molecule has 0 bridgehead atoms. The normalized spacial score (nSPS) is 18.5. The first kappa shape index (κ1) is 17.5. The number of carbonyl (C=O) groups excluding carboxylic acids is 1. The highest BCUT2D eigenvalue weighted by molar-refractivity contribution is 6.33. The summed E-state index contributed by atoms with van der Waals surface area (Å²) in [6.07, 6.45) is 1.47. The fraction of sp³-hybridized carbons (Fsp3) is 0.333. The van der Waals surface area contributed by atoms with E-state index in [0.29, 0.717) is 36.0 Å². The highest BCUT2D eigenvalue weighted by Crippen LogP contribution is 2.29. The van der Waals surface area contributed by atoms with Crippen LogP contribution in [0.1, 0.15) is 23.4 Å². The van der Waals surface area contributed by atoms with Crippen LogP contribution in [0.2, 0.25) is 5.02 Å². The standard InChI is InChI=1S/C18H18ClNO5/c19-13-6-2-1-5-12(13)14-7-8-15(25-14)17(21)20-16(18(22)23)11-4-3-9-24-10-11/h1-2,5-8,11,16H,3-4,9-10H2,(H,20,21)(H,22,23). The van der Waals surface area contributed by atoms with Crippen molar-refractivity contribution < 1.29 is 23.8 Å². The van der Waals surface area contributed by atoms with E-state index in [2.05, 4.69) is 5.32 Å². The van der Waals surface area contributed by atoms with Crippen molar-refractivity contribution in [1.82, 2.24) is 5.32 Å². The van der Waals surface area contributed by atoms with Gasteiger partial charge in [0.15, 0.2) is 5.76 Å². The molecule has 0 spiro atoms. The summed E-state index contributed by atoms with van der Waals surface area (Å²) >= 11 is 6.12. The van der Waals surface area contributed by atoms with Crippen LogP contribution in [0.15, 0.2) is 40.8 Å². The third-order valence-corrected chi connectivity index (χ3v) is 4.52. The van der Waals surface area contributed by atoms with Crippen molar-refractivity contribution in [3.05, 3.63) is 47.2 Å². The summed E-state index contributed by atoms with van der Waals surface area (Å²) < 4.78 is 10.9. The molecular formula is C18H18ClNO5. The van der Waals surface area contributed by atoms with Crippen LogP contribution in [0.5, 0.6) is 0 Å². The second-order valence-corrected chi connectivity index (χ2v) is 6.32. The van der Waals surface area contributed by atoms with Crippen molar-refractivity contribution in [2.24, 2.45) is 5.92 Å². The van der Waals surface area contributed by atoms with Crippen LogP contribution in [-0.4, -0.2) is 36.2 Å². The van der Waals surface area contributed by atoms with E-state index < -0.39 is 17.9 Å². The highest BCUT2D eigenvalue weighted by Gasteiger charge is 2.32. The molecule has 7 heteroatoms. The number of carboxylic acids is 1. The van der Waals surface area contributed by atoms with E-state index in [-0.39, 0.29) is 11.7 Å². The predicted molar refractivity (Wildman–Crippen MR) is 91.6 cm³/mol. The highest BCUT2D eigenvalue weighted by atomic mass is 35.5. The molecule has 2 unspecified atom stereocenters. The van der Waals surface area contributed by atoms with Gasteiger partial charge in [0.25, 0.3) is 5.91 Å². The molecule has 1 amide bonds. The largest absolute Gasteiger partial charge is 0.480 e. The molecule has 2 aromatic rings. The molecule has 3 rings (SSSR count). The first-order valence-electron chi connectivity index (χ1n) is 8.02. The molecule has 0 aliphatic carbocycles. The average molecular weight is 364 g/mol. The maximum atomic E-state index is 12.4. The van der Waals surface area contributed by atoms with Gasteiger partial charge in [-0.25, -0.2) is 4.79 Å². The van der Waals surface area contributed by atoms with E-state index >= 15 is 0 Å².